The van der Waals surface area contributed by atoms with E-state index in [1.54, 1.807) is 33.8 Å². The fraction of sp³-hybridized carbons (Fsp3) is 0.500. The number of carbonyl (C=O) groups is 1. The molecule has 0 spiro atoms. The molecule has 0 bridgehead atoms. The molecule has 1 aromatic heterocycles. The summed E-state index contributed by atoms with van der Waals surface area (Å²) in [5.41, 5.74) is 0.737. The number of aromatic nitrogens is 3. The number of nitrogens with one attached hydrogen (secondary N) is 1. The van der Waals surface area contributed by atoms with E-state index in [9.17, 15) is 13.2 Å². The predicted molar refractivity (Wildman–Crippen MR) is 99.7 cm³/mol. The molecule has 0 unspecified atom stereocenters. The van der Waals surface area contributed by atoms with Gasteiger partial charge in [0.15, 0.2) is 5.82 Å². The van der Waals surface area contributed by atoms with Crippen molar-refractivity contribution >= 4 is 21.6 Å². The molecule has 0 aliphatic carbocycles. The highest BCUT2D eigenvalue weighted by Crippen LogP contribution is 2.27. The standard InChI is InChI=1S/C18H23N5O3S/c1-2-16-19-18-15(5-3-12-23(18)20-16)21-27(25,26)14-9-7-13(8-10-14)22-11-4-6-17(22)24/h7-10,15,21H,2-6,11-12H2,1H3/t15-/m0/s1. The van der Waals surface area contributed by atoms with Crippen molar-refractivity contribution < 1.29 is 13.2 Å². The number of hydrogen-bond donors (Lipinski definition) is 1. The van der Waals surface area contributed by atoms with E-state index in [1.807, 2.05) is 6.92 Å². The summed E-state index contributed by atoms with van der Waals surface area (Å²) in [6, 6.07) is 6.10. The summed E-state index contributed by atoms with van der Waals surface area (Å²) >= 11 is 0. The molecule has 2 aliphatic rings. The number of sulfonamides is 1. The average Bonchev–Trinajstić information content (AvgIpc) is 3.28. The first-order valence-corrected chi connectivity index (χ1v) is 10.8. The maximum absolute atomic E-state index is 12.8. The summed E-state index contributed by atoms with van der Waals surface area (Å²) in [6.07, 6.45) is 3.65. The van der Waals surface area contributed by atoms with Crippen LogP contribution >= 0.6 is 0 Å². The van der Waals surface area contributed by atoms with Crippen LogP contribution in [0.2, 0.25) is 0 Å². The molecule has 1 fully saturated rings. The Hall–Kier alpha value is -2.26. The number of aryl methyl sites for hydroxylation is 2. The molecule has 144 valence electrons. The molecular weight excluding hydrogens is 366 g/mol. The van der Waals surface area contributed by atoms with Gasteiger partial charge in [0.25, 0.3) is 0 Å². The number of carbonyl (C=O) groups excluding carboxylic acids is 1. The monoisotopic (exact) mass is 389 g/mol. The van der Waals surface area contributed by atoms with Crippen molar-refractivity contribution in [2.24, 2.45) is 0 Å². The Kier molecular flexibility index (Phi) is 4.73. The van der Waals surface area contributed by atoms with Crippen molar-refractivity contribution in [2.75, 3.05) is 11.4 Å². The molecule has 1 N–H and O–H groups in total. The third-order valence-electron chi connectivity index (χ3n) is 5.06. The number of benzene rings is 1. The highest BCUT2D eigenvalue weighted by molar-refractivity contribution is 7.89. The van der Waals surface area contributed by atoms with E-state index < -0.39 is 10.0 Å². The van der Waals surface area contributed by atoms with Crippen LogP contribution in [0.15, 0.2) is 29.2 Å². The molecule has 0 radical (unpaired) electrons. The van der Waals surface area contributed by atoms with Crippen LogP contribution in [0.1, 0.15) is 50.3 Å². The zero-order chi connectivity index (χ0) is 19.0. The van der Waals surface area contributed by atoms with E-state index in [1.165, 1.54) is 0 Å². The first kappa shape index (κ1) is 18.1. The molecule has 2 aromatic rings. The minimum Gasteiger partial charge on any atom is -0.312 e. The van der Waals surface area contributed by atoms with E-state index in [0.717, 1.165) is 37.3 Å². The lowest BCUT2D eigenvalue weighted by atomic mass is 10.1. The van der Waals surface area contributed by atoms with Crippen molar-refractivity contribution in [2.45, 2.75) is 56.5 Å². The van der Waals surface area contributed by atoms with E-state index in [-0.39, 0.29) is 16.8 Å². The Morgan fingerprint density at radius 2 is 1.96 bits per heavy atom. The molecule has 0 saturated carbocycles. The zero-order valence-electron chi connectivity index (χ0n) is 15.3. The molecule has 27 heavy (non-hydrogen) atoms. The minimum absolute atomic E-state index is 0.0806. The second-order valence-corrected chi connectivity index (χ2v) is 8.64. The van der Waals surface area contributed by atoms with Gasteiger partial charge in [-0.05, 0) is 43.5 Å². The summed E-state index contributed by atoms with van der Waals surface area (Å²) in [5.74, 6) is 1.49. The number of rotatable bonds is 5. The first-order chi connectivity index (χ1) is 13.0. The predicted octanol–water partition coefficient (Wildman–Crippen LogP) is 1.78. The van der Waals surface area contributed by atoms with E-state index in [4.69, 9.17) is 0 Å². The van der Waals surface area contributed by atoms with Crippen molar-refractivity contribution in [3.63, 3.8) is 0 Å². The van der Waals surface area contributed by atoms with Crippen molar-refractivity contribution in [3.8, 4) is 0 Å². The summed E-state index contributed by atoms with van der Waals surface area (Å²) in [6.45, 7) is 3.42. The number of nitrogens with zero attached hydrogens (tertiary/aromatic N) is 4. The van der Waals surface area contributed by atoms with Crippen molar-refractivity contribution in [1.29, 1.82) is 0 Å². The lowest BCUT2D eigenvalue weighted by molar-refractivity contribution is -0.117. The minimum atomic E-state index is -3.69. The van der Waals surface area contributed by atoms with Crippen LogP contribution in [0.4, 0.5) is 5.69 Å². The number of anilines is 1. The van der Waals surface area contributed by atoms with Crippen molar-refractivity contribution in [3.05, 3.63) is 35.9 Å². The van der Waals surface area contributed by atoms with Crippen LogP contribution in [0.25, 0.3) is 0 Å². The molecule has 4 rings (SSSR count). The molecule has 9 heteroatoms. The molecule has 3 heterocycles. The van der Waals surface area contributed by atoms with Gasteiger partial charge in [0.2, 0.25) is 15.9 Å². The van der Waals surface area contributed by atoms with Gasteiger partial charge in [-0.25, -0.2) is 22.8 Å². The zero-order valence-corrected chi connectivity index (χ0v) is 16.1. The Bertz CT molecular complexity index is 952. The lowest BCUT2D eigenvalue weighted by Crippen LogP contribution is -2.33. The Labute approximate surface area is 158 Å². The van der Waals surface area contributed by atoms with E-state index in [0.29, 0.717) is 25.2 Å². The SMILES string of the molecule is CCc1nc2n(n1)CCC[C@@H]2NS(=O)(=O)c1ccc(N2CCCC2=O)cc1. The molecular formula is C18H23N5O3S. The lowest BCUT2D eigenvalue weighted by Gasteiger charge is -2.23. The highest BCUT2D eigenvalue weighted by Gasteiger charge is 2.29. The Balaban J connectivity index is 1.54. The number of hydrogen-bond acceptors (Lipinski definition) is 5. The van der Waals surface area contributed by atoms with Crippen LogP contribution in [-0.4, -0.2) is 35.6 Å². The van der Waals surface area contributed by atoms with Crippen LogP contribution in [-0.2, 0) is 27.8 Å². The quantitative estimate of drug-likeness (QED) is 0.841. The van der Waals surface area contributed by atoms with Crippen LogP contribution in [0, 0.1) is 0 Å². The van der Waals surface area contributed by atoms with Gasteiger partial charge in [0, 0.05) is 31.6 Å². The smallest absolute Gasteiger partial charge is 0.241 e. The van der Waals surface area contributed by atoms with Gasteiger partial charge < -0.3 is 4.90 Å². The topological polar surface area (TPSA) is 97.2 Å². The van der Waals surface area contributed by atoms with Gasteiger partial charge in [-0.1, -0.05) is 6.92 Å². The third-order valence-corrected chi connectivity index (χ3v) is 6.55. The maximum atomic E-state index is 12.8. The van der Waals surface area contributed by atoms with Crippen molar-refractivity contribution in [1.82, 2.24) is 19.5 Å². The van der Waals surface area contributed by atoms with Gasteiger partial charge in [-0.15, -0.1) is 0 Å². The van der Waals surface area contributed by atoms with Gasteiger partial charge in [-0.2, -0.15) is 5.10 Å². The third kappa shape index (κ3) is 3.49. The van der Waals surface area contributed by atoms with Gasteiger partial charge in [-0.3, -0.25) is 4.79 Å². The average molecular weight is 389 g/mol. The Morgan fingerprint density at radius 1 is 1.19 bits per heavy atom. The van der Waals surface area contributed by atoms with Crippen LogP contribution in [0.3, 0.4) is 0 Å². The first-order valence-electron chi connectivity index (χ1n) is 9.34. The normalized spacial score (nSPS) is 20.1. The molecule has 1 saturated heterocycles. The summed E-state index contributed by atoms with van der Waals surface area (Å²) in [7, 11) is -3.69. The summed E-state index contributed by atoms with van der Waals surface area (Å²) < 4.78 is 30.2. The summed E-state index contributed by atoms with van der Waals surface area (Å²) in [5, 5.41) is 4.42. The fourth-order valence-corrected chi connectivity index (χ4v) is 4.87. The van der Waals surface area contributed by atoms with Gasteiger partial charge in [0.1, 0.15) is 5.82 Å². The number of amides is 1. The van der Waals surface area contributed by atoms with E-state index in [2.05, 4.69) is 14.8 Å². The molecule has 1 amide bonds. The Morgan fingerprint density at radius 3 is 2.63 bits per heavy atom. The highest BCUT2D eigenvalue weighted by atomic mass is 32.2. The maximum Gasteiger partial charge on any atom is 0.241 e. The van der Waals surface area contributed by atoms with Gasteiger partial charge in [0.05, 0.1) is 10.9 Å². The number of fused-ring (bicyclic) bond motifs is 1. The second-order valence-electron chi connectivity index (χ2n) is 6.92. The second kappa shape index (κ2) is 7.05. The van der Waals surface area contributed by atoms with Crippen LogP contribution < -0.4 is 9.62 Å². The van der Waals surface area contributed by atoms with Crippen LogP contribution in [0.5, 0.6) is 0 Å². The molecule has 1 atom stereocenters. The van der Waals surface area contributed by atoms with Gasteiger partial charge >= 0.3 is 0 Å². The molecule has 2 aliphatic heterocycles. The molecule has 8 nitrogen and oxygen atoms in total. The fourth-order valence-electron chi connectivity index (χ4n) is 3.64. The van der Waals surface area contributed by atoms with E-state index >= 15 is 0 Å². The molecule has 1 aromatic carbocycles. The summed E-state index contributed by atoms with van der Waals surface area (Å²) in [4.78, 5) is 18.2. The largest absolute Gasteiger partial charge is 0.312 e.